The molecule has 20 heavy (non-hydrogen) atoms. The molecule has 0 amide bonds. The SMILES string of the molecule is COC1CCCN(c2nc(CO)cc3ccccc23)C1. The lowest BCUT2D eigenvalue weighted by Gasteiger charge is -2.33. The fraction of sp³-hybridized carbons (Fsp3) is 0.438. The van der Waals surface area contributed by atoms with Gasteiger partial charge in [-0.3, -0.25) is 0 Å². The van der Waals surface area contributed by atoms with Crippen LogP contribution in [-0.4, -0.2) is 36.4 Å². The number of methoxy groups -OCH3 is 1. The molecule has 1 unspecified atom stereocenters. The van der Waals surface area contributed by atoms with Gasteiger partial charge in [-0.2, -0.15) is 0 Å². The van der Waals surface area contributed by atoms with Crippen molar-refractivity contribution in [3.05, 3.63) is 36.0 Å². The summed E-state index contributed by atoms with van der Waals surface area (Å²) < 4.78 is 5.49. The van der Waals surface area contributed by atoms with Crippen LogP contribution in [0.5, 0.6) is 0 Å². The molecule has 106 valence electrons. The molecule has 1 saturated heterocycles. The van der Waals surface area contributed by atoms with Crippen LogP contribution in [0.15, 0.2) is 30.3 Å². The number of ether oxygens (including phenoxy) is 1. The third kappa shape index (κ3) is 2.49. The van der Waals surface area contributed by atoms with Gasteiger partial charge in [-0.25, -0.2) is 4.98 Å². The highest BCUT2D eigenvalue weighted by atomic mass is 16.5. The first-order valence-corrected chi connectivity index (χ1v) is 7.09. The van der Waals surface area contributed by atoms with Crippen molar-refractivity contribution >= 4 is 16.6 Å². The van der Waals surface area contributed by atoms with Gasteiger partial charge in [0.1, 0.15) is 5.82 Å². The summed E-state index contributed by atoms with van der Waals surface area (Å²) in [7, 11) is 1.77. The maximum absolute atomic E-state index is 9.41. The predicted octanol–water partition coefficient (Wildman–Crippen LogP) is 2.34. The number of rotatable bonds is 3. The number of aromatic nitrogens is 1. The summed E-state index contributed by atoms with van der Waals surface area (Å²) in [4.78, 5) is 6.91. The molecule has 2 aromatic rings. The van der Waals surface area contributed by atoms with Gasteiger partial charge in [-0.05, 0) is 24.3 Å². The molecule has 1 N–H and O–H groups in total. The second kappa shape index (κ2) is 5.77. The van der Waals surface area contributed by atoms with Crippen molar-refractivity contribution in [2.75, 3.05) is 25.1 Å². The molecule has 1 aromatic heterocycles. The largest absolute Gasteiger partial charge is 0.390 e. The molecule has 1 fully saturated rings. The summed E-state index contributed by atoms with van der Waals surface area (Å²) >= 11 is 0. The zero-order valence-corrected chi connectivity index (χ0v) is 11.7. The molecule has 2 heterocycles. The summed E-state index contributed by atoms with van der Waals surface area (Å²) in [6.45, 7) is 1.83. The van der Waals surface area contributed by atoms with Gasteiger partial charge in [-0.15, -0.1) is 0 Å². The highest BCUT2D eigenvalue weighted by molar-refractivity contribution is 5.92. The van der Waals surface area contributed by atoms with E-state index in [-0.39, 0.29) is 12.7 Å². The highest BCUT2D eigenvalue weighted by Gasteiger charge is 2.22. The van der Waals surface area contributed by atoms with Crippen molar-refractivity contribution in [3.63, 3.8) is 0 Å². The Hall–Kier alpha value is -1.65. The Morgan fingerprint density at radius 1 is 1.40 bits per heavy atom. The third-order valence-electron chi connectivity index (χ3n) is 3.95. The van der Waals surface area contributed by atoms with Gasteiger partial charge in [0.05, 0.1) is 18.4 Å². The van der Waals surface area contributed by atoms with Crippen molar-refractivity contribution in [1.29, 1.82) is 0 Å². The molecule has 0 aliphatic carbocycles. The lowest BCUT2D eigenvalue weighted by molar-refractivity contribution is 0.0892. The molecule has 0 saturated carbocycles. The second-order valence-corrected chi connectivity index (χ2v) is 5.26. The van der Waals surface area contributed by atoms with E-state index >= 15 is 0 Å². The predicted molar refractivity (Wildman–Crippen MR) is 79.9 cm³/mol. The van der Waals surface area contributed by atoms with Crippen LogP contribution in [0, 0.1) is 0 Å². The lowest BCUT2D eigenvalue weighted by Crippen LogP contribution is -2.39. The lowest BCUT2D eigenvalue weighted by atomic mass is 10.1. The standard InChI is InChI=1S/C16H20N2O2/c1-20-14-6-4-8-18(10-14)16-15-7-3-2-5-12(15)9-13(11-19)17-16/h2-3,5,7,9,14,19H,4,6,8,10-11H2,1H3. The maximum Gasteiger partial charge on any atom is 0.136 e. The molecule has 3 rings (SSSR count). The topological polar surface area (TPSA) is 45.6 Å². The van der Waals surface area contributed by atoms with Crippen LogP contribution in [0.4, 0.5) is 5.82 Å². The van der Waals surface area contributed by atoms with E-state index in [4.69, 9.17) is 4.74 Å². The first-order chi connectivity index (χ1) is 9.81. The van der Waals surface area contributed by atoms with E-state index in [1.807, 2.05) is 18.2 Å². The van der Waals surface area contributed by atoms with E-state index in [9.17, 15) is 5.11 Å². The highest BCUT2D eigenvalue weighted by Crippen LogP contribution is 2.28. The zero-order valence-electron chi connectivity index (χ0n) is 11.7. The summed E-state index contributed by atoms with van der Waals surface area (Å²) in [5, 5.41) is 11.7. The Kier molecular flexibility index (Phi) is 3.85. The Morgan fingerprint density at radius 3 is 3.05 bits per heavy atom. The van der Waals surface area contributed by atoms with Gasteiger partial charge in [-0.1, -0.05) is 24.3 Å². The van der Waals surface area contributed by atoms with Crippen LogP contribution in [0.2, 0.25) is 0 Å². The molecular weight excluding hydrogens is 252 g/mol. The minimum absolute atomic E-state index is 0.0284. The Balaban J connectivity index is 2.04. The number of hydrogen-bond acceptors (Lipinski definition) is 4. The van der Waals surface area contributed by atoms with Crippen molar-refractivity contribution < 1.29 is 9.84 Å². The van der Waals surface area contributed by atoms with E-state index in [2.05, 4.69) is 22.0 Å². The van der Waals surface area contributed by atoms with Gasteiger partial charge in [0.25, 0.3) is 0 Å². The van der Waals surface area contributed by atoms with E-state index in [0.717, 1.165) is 48.2 Å². The molecular formula is C16H20N2O2. The van der Waals surface area contributed by atoms with E-state index in [1.165, 1.54) is 0 Å². The number of hydrogen-bond donors (Lipinski definition) is 1. The monoisotopic (exact) mass is 272 g/mol. The van der Waals surface area contributed by atoms with Gasteiger partial charge >= 0.3 is 0 Å². The Labute approximate surface area is 119 Å². The number of piperidine rings is 1. The minimum atomic E-state index is -0.0284. The van der Waals surface area contributed by atoms with Gasteiger partial charge in [0.2, 0.25) is 0 Å². The van der Waals surface area contributed by atoms with Crippen LogP contribution >= 0.6 is 0 Å². The quantitative estimate of drug-likeness (QED) is 0.931. The van der Waals surface area contributed by atoms with Crippen LogP contribution in [-0.2, 0) is 11.3 Å². The second-order valence-electron chi connectivity index (χ2n) is 5.26. The van der Waals surface area contributed by atoms with E-state index in [1.54, 1.807) is 7.11 Å². The van der Waals surface area contributed by atoms with Crippen molar-refractivity contribution in [3.8, 4) is 0 Å². The maximum atomic E-state index is 9.41. The molecule has 1 aromatic carbocycles. The minimum Gasteiger partial charge on any atom is -0.390 e. The first kappa shape index (κ1) is 13.3. The summed E-state index contributed by atoms with van der Waals surface area (Å²) in [5.41, 5.74) is 0.721. The van der Waals surface area contributed by atoms with Crippen molar-refractivity contribution in [2.45, 2.75) is 25.6 Å². The zero-order chi connectivity index (χ0) is 13.9. The molecule has 1 aliphatic rings. The first-order valence-electron chi connectivity index (χ1n) is 7.09. The van der Waals surface area contributed by atoms with Crippen LogP contribution < -0.4 is 4.90 Å². The normalized spacial score (nSPS) is 19.5. The number of fused-ring (bicyclic) bond motifs is 1. The van der Waals surface area contributed by atoms with Crippen LogP contribution in [0.1, 0.15) is 18.5 Å². The average molecular weight is 272 g/mol. The van der Waals surface area contributed by atoms with E-state index < -0.39 is 0 Å². The van der Waals surface area contributed by atoms with E-state index in [0.29, 0.717) is 0 Å². The number of benzene rings is 1. The fourth-order valence-corrected chi connectivity index (χ4v) is 2.88. The summed E-state index contributed by atoms with van der Waals surface area (Å²) in [5.74, 6) is 0.967. The molecule has 1 aliphatic heterocycles. The van der Waals surface area contributed by atoms with Crippen LogP contribution in [0.25, 0.3) is 10.8 Å². The molecule has 0 radical (unpaired) electrons. The summed E-state index contributed by atoms with van der Waals surface area (Å²) in [6.07, 6.45) is 2.48. The number of aliphatic hydroxyl groups excluding tert-OH is 1. The smallest absolute Gasteiger partial charge is 0.136 e. The van der Waals surface area contributed by atoms with Crippen LogP contribution in [0.3, 0.4) is 0 Å². The molecule has 1 atom stereocenters. The molecule has 0 bridgehead atoms. The Bertz CT molecular complexity index is 600. The van der Waals surface area contributed by atoms with Gasteiger partial charge < -0.3 is 14.7 Å². The number of anilines is 1. The Morgan fingerprint density at radius 2 is 2.25 bits per heavy atom. The number of aliphatic hydroxyl groups is 1. The van der Waals surface area contributed by atoms with Crippen molar-refractivity contribution in [2.24, 2.45) is 0 Å². The molecule has 4 heteroatoms. The number of pyridine rings is 1. The van der Waals surface area contributed by atoms with Gasteiger partial charge in [0.15, 0.2) is 0 Å². The number of nitrogens with zero attached hydrogens (tertiary/aromatic N) is 2. The summed E-state index contributed by atoms with van der Waals surface area (Å²) in [6, 6.07) is 10.2. The van der Waals surface area contributed by atoms with Gasteiger partial charge in [0, 0.05) is 25.6 Å². The fourth-order valence-electron chi connectivity index (χ4n) is 2.88. The average Bonchev–Trinajstić information content (AvgIpc) is 2.53. The van der Waals surface area contributed by atoms with Crippen molar-refractivity contribution in [1.82, 2.24) is 4.98 Å². The molecule has 4 nitrogen and oxygen atoms in total. The third-order valence-corrected chi connectivity index (χ3v) is 3.95. The molecule has 0 spiro atoms.